The van der Waals surface area contributed by atoms with Crippen LogP contribution >= 0.6 is 15.9 Å². The fourth-order valence-electron chi connectivity index (χ4n) is 4.65. The summed E-state index contributed by atoms with van der Waals surface area (Å²) in [6.07, 6.45) is 2.48. The maximum Gasteiger partial charge on any atom is 0.410 e. The zero-order valence-corrected chi connectivity index (χ0v) is 20.3. The Balaban J connectivity index is 1.37. The summed E-state index contributed by atoms with van der Waals surface area (Å²) >= 11 is 3.55. The van der Waals surface area contributed by atoms with Crippen LogP contribution < -0.4 is 0 Å². The van der Waals surface area contributed by atoms with Crippen molar-refractivity contribution in [1.82, 2.24) is 4.90 Å². The topological polar surface area (TPSA) is 41.9 Å². The van der Waals surface area contributed by atoms with Gasteiger partial charge in [0.15, 0.2) is 0 Å². The van der Waals surface area contributed by atoms with E-state index in [4.69, 9.17) is 9.73 Å². The van der Waals surface area contributed by atoms with Gasteiger partial charge < -0.3 is 4.74 Å². The van der Waals surface area contributed by atoms with Crippen LogP contribution in [0.1, 0.15) is 39.2 Å². The van der Waals surface area contributed by atoms with Crippen LogP contribution in [-0.2, 0) is 11.2 Å². The number of amides is 1. The third kappa shape index (κ3) is 4.18. The summed E-state index contributed by atoms with van der Waals surface area (Å²) in [6.45, 7) is 6.46. The Kier molecular flexibility index (Phi) is 5.32. The molecular formula is C27H27BrN2O2. The van der Waals surface area contributed by atoms with Crippen LogP contribution in [0.5, 0.6) is 0 Å². The number of hydrogen-bond donors (Lipinski definition) is 0. The van der Waals surface area contributed by atoms with Gasteiger partial charge in [-0.15, -0.1) is 0 Å². The van der Waals surface area contributed by atoms with E-state index in [-0.39, 0.29) is 12.1 Å². The van der Waals surface area contributed by atoms with E-state index >= 15 is 0 Å². The smallest absolute Gasteiger partial charge is 0.410 e. The van der Waals surface area contributed by atoms with E-state index in [1.807, 2.05) is 25.7 Å². The first-order valence-corrected chi connectivity index (χ1v) is 12.0. The zero-order valence-electron chi connectivity index (χ0n) is 18.7. The van der Waals surface area contributed by atoms with Crippen LogP contribution in [0.25, 0.3) is 21.9 Å². The molecular weight excluding hydrogens is 464 g/mol. The normalized spacial score (nSPS) is 18.1. The molecule has 0 unspecified atom stereocenters. The maximum atomic E-state index is 12.7. The molecule has 2 aliphatic rings. The first-order valence-electron chi connectivity index (χ1n) is 11.2. The van der Waals surface area contributed by atoms with E-state index < -0.39 is 5.60 Å². The average Bonchev–Trinajstić information content (AvgIpc) is 3.38. The fraction of sp³-hybridized carbons (Fsp3) is 0.333. The van der Waals surface area contributed by atoms with E-state index in [0.29, 0.717) is 0 Å². The van der Waals surface area contributed by atoms with Crippen molar-refractivity contribution in [2.24, 2.45) is 4.99 Å². The standard InChI is InChI=1S/C27H27BrN2O2/c1-27(2,3)32-26(31)30-12-4-5-25(30)24-16-21-14-19(9-11-23(21)29-24)17-6-7-20-15-22(28)10-8-18(20)13-17/h6-11,13-15,25H,4-5,12,16H2,1-3H3/t25-/m0/s1. The van der Waals surface area contributed by atoms with Gasteiger partial charge >= 0.3 is 6.09 Å². The van der Waals surface area contributed by atoms with Gasteiger partial charge in [-0.3, -0.25) is 9.89 Å². The SMILES string of the molecule is CC(C)(C)OC(=O)N1CCC[C@H]1C1=Nc2ccc(-c3ccc4cc(Br)ccc4c3)cc2C1. The lowest BCUT2D eigenvalue weighted by molar-refractivity contribution is 0.0265. The Labute approximate surface area is 197 Å². The van der Waals surface area contributed by atoms with Crippen LogP contribution in [0.4, 0.5) is 10.5 Å². The summed E-state index contributed by atoms with van der Waals surface area (Å²) in [7, 11) is 0. The van der Waals surface area contributed by atoms with Gasteiger partial charge in [0.2, 0.25) is 0 Å². The second-order valence-corrected chi connectivity index (χ2v) is 10.6. The monoisotopic (exact) mass is 490 g/mol. The molecule has 4 nitrogen and oxygen atoms in total. The molecule has 0 aromatic heterocycles. The minimum atomic E-state index is -0.491. The summed E-state index contributed by atoms with van der Waals surface area (Å²) in [4.78, 5) is 19.5. The van der Waals surface area contributed by atoms with Crippen LogP contribution in [0.2, 0.25) is 0 Å². The molecule has 1 amide bonds. The van der Waals surface area contributed by atoms with Gasteiger partial charge in [-0.05, 0) is 91.4 Å². The van der Waals surface area contributed by atoms with Crippen LogP contribution in [0.3, 0.4) is 0 Å². The van der Waals surface area contributed by atoms with Gasteiger partial charge in [0.05, 0.1) is 11.7 Å². The number of fused-ring (bicyclic) bond motifs is 2. The number of ether oxygens (including phenoxy) is 1. The molecule has 3 aromatic carbocycles. The van der Waals surface area contributed by atoms with E-state index in [9.17, 15) is 4.79 Å². The molecule has 164 valence electrons. The molecule has 0 saturated carbocycles. The Morgan fingerprint density at radius 2 is 1.75 bits per heavy atom. The number of benzene rings is 3. The number of hydrogen-bond acceptors (Lipinski definition) is 3. The van der Waals surface area contributed by atoms with Crippen molar-refractivity contribution >= 4 is 44.2 Å². The highest BCUT2D eigenvalue weighted by molar-refractivity contribution is 9.10. The highest BCUT2D eigenvalue weighted by Gasteiger charge is 2.36. The molecule has 2 heterocycles. The van der Waals surface area contributed by atoms with Gasteiger partial charge in [0, 0.05) is 23.1 Å². The molecule has 2 aliphatic heterocycles. The van der Waals surface area contributed by atoms with E-state index in [1.54, 1.807) is 0 Å². The quantitative estimate of drug-likeness (QED) is 0.378. The van der Waals surface area contributed by atoms with Gasteiger partial charge in [-0.1, -0.05) is 40.2 Å². The largest absolute Gasteiger partial charge is 0.444 e. The predicted octanol–water partition coefficient (Wildman–Crippen LogP) is 7.30. The van der Waals surface area contributed by atoms with E-state index in [0.717, 1.165) is 41.7 Å². The minimum absolute atomic E-state index is 0.0276. The molecule has 5 rings (SSSR count). The second kappa shape index (κ2) is 8.04. The number of rotatable bonds is 2. The highest BCUT2D eigenvalue weighted by atomic mass is 79.9. The first-order chi connectivity index (χ1) is 15.3. The molecule has 0 radical (unpaired) electrons. The molecule has 1 atom stereocenters. The Morgan fingerprint density at radius 3 is 2.56 bits per heavy atom. The summed E-state index contributed by atoms with van der Waals surface area (Å²) < 4.78 is 6.73. The number of carbonyl (C=O) groups excluding carboxylic acids is 1. The number of nitrogens with zero attached hydrogens (tertiary/aromatic N) is 2. The molecule has 5 heteroatoms. The summed E-state index contributed by atoms with van der Waals surface area (Å²) in [5, 5.41) is 2.44. The second-order valence-electron chi connectivity index (χ2n) is 9.66. The average molecular weight is 491 g/mol. The predicted molar refractivity (Wildman–Crippen MR) is 134 cm³/mol. The molecule has 0 aliphatic carbocycles. The van der Waals surface area contributed by atoms with E-state index in [1.165, 1.54) is 27.5 Å². The molecule has 0 spiro atoms. The number of carbonyl (C=O) groups is 1. The first kappa shape index (κ1) is 21.2. The zero-order chi connectivity index (χ0) is 22.5. The number of likely N-dealkylation sites (tertiary alicyclic amines) is 1. The molecule has 3 aromatic rings. The van der Waals surface area contributed by atoms with Crippen LogP contribution in [0, 0.1) is 0 Å². The summed E-state index contributed by atoms with van der Waals surface area (Å²) in [5.41, 5.74) is 5.22. The highest BCUT2D eigenvalue weighted by Crippen LogP contribution is 2.35. The fourth-order valence-corrected chi connectivity index (χ4v) is 5.02. The summed E-state index contributed by atoms with van der Waals surface area (Å²) in [6, 6.07) is 19.5. The molecule has 1 fully saturated rings. The third-order valence-electron chi connectivity index (χ3n) is 6.12. The maximum absolute atomic E-state index is 12.7. The van der Waals surface area contributed by atoms with E-state index in [2.05, 4.69) is 70.5 Å². The molecule has 32 heavy (non-hydrogen) atoms. The Morgan fingerprint density at radius 1 is 1.03 bits per heavy atom. The molecule has 0 bridgehead atoms. The van der Waals surface area contributed by atoms with Crippen molar-refractivity contribution in [1.29, 1.82) is 0 Å². The van der Waals surface area contributed by atoms with Crippen molar-refractivity contribution in [2.45, 2.75) is 51.7 Å². The van der Waals surface area contributed by atoms with Gasteiger partial charge in [0.25, 0.3) is 0 Å². The van der Waals surface area contributed by atoms with Crippen molar-refractivity contribution in [2.75, 3.05) is 6.54 Å². The van der Waals surface area contributed by atoms with Gasteiger partial charge in [-0.25, -0.2) is 4.79 Å². The lowest BCUT2D eigenvalue weighted by Crippen LogP contribution is -2.43. The molecule has 1 saturated heterocycles. The van der Waals surface area contributed by atoms with Crippen LogP contribution in [0.15, 0.2) is 64.1 Å². The lowest BCUT2D eigenvalue weighted by atomic mass is 9.97. The number of aliphatic imine (C=N–C) groups is 1. The van der Waals surface area contributed by atoms with Crippen molar-refractivity contribution in [3.8, 4) is 11.1 Å². The van der Waals surface area contributed by atoms with Gasteiger partial charge in [0.1, 0.15) is 5.60 Å². The minimum Gasteiger partial charge on any atom is -0.444 e. The third-order valence-corrected chi connectivity index (χ3v) is 6.61. The summed E-state index contributed by atoms with van der Waals surface area (Å²) in [5.74, 6) is 0. The Bertz CT molecular complexity index is 1240. The van der Waals surface area contributed by atoms with Gasteiger partial charge in [-0.2, -0.15) is 0 Å². The Hall–Kier alpha value is -2.66. The number of halogens is 1. The van der Waals surface area contributed by atoms with Crippen molar-refractivity contribution in [3.63, 3.8) is 0 Å². The molecule has 0 N–H and O–H groups in total. The lowest BCUT2D eigenvalue weighted by Gasteiger charge is -2.28. The van der Waals surface area contributed by atoms with Crippen molar-refractivity contribution in [3.05, 3.63) is 64.6 Å². The van der Waals surface area contributed by atoms with Crippen LogP contribution in [-0.4, -0.2) is 34.9 Å². The van der Waals surface area contributed by atoms with Crippen molar-refractivity contribution < 1.29 is 9.53 Å².